The van der Waals surface area contributed by atoms with Crippen LogP contribution in [0.1, 0.15) is 82.1 Å². The van der Waals surface area contributed by atoms with Gasteiger partial charge in [0.05, 0.1) is 13.1 Å². The first kappa shape index (κ1) is 51.8. The summed E-state index contributed by atoms with van der Waals surface area (Å²) >= 11 is 0. The van der Waals surface area contributed by atoms with Gasteiger partial charge in [-0.3, -0.25) is 0 Å². The van der Waals surface area contributed by atoms with Gasteiger partial charge in [-0.05, 0) is 120 Å². The zero-order valence-electron chi connectivity index (χ0n) is 34.1. The van der Waals surface area contributed by atoms with E-state index in [1.54, 1.807) is 18.7 Å². The van der Waals surface area contributed by atoms with Crippen LogP contribution in [0.15, 0.2) is 29.3 Å². The highest BCUT2D eigenvalue weighted by atomic mass is 28.4. The SMILES string of the molecule is C=C(C)C(=O)OCCN(C(=O)NCCC[Si](C)(C)OCC)C(C)(C)C.C=C(C)C(=O)OCCNC(C)(C)C.CCO[Si](C)(C)CCCN=C=O. The van der Waals surface area contributed by atoms with Crippen LogP contribution < -0.4 is 10.6 Å². The van der Waals surface area contributed by atoms with E-state index in [2.05, 4.69) is 75.7 Å². The van der Waals surface area contributed by atoms with Crippen molar-refractivity contribution in [3.8, 4) is 0 Å². The summed E-state index contributed by atoms with van der Waals surface area (Å²) in [6.45, 7) is 39.4. The minimum atomic E-state index is -1.61. The number of nitrogens with zero attached hydrogens (tertiary/aromatic N) is 2. The Balaban J connectivity index is -0.000000740. The lowest BCUT2D eigenvalue weighted by Crippen LogP contribution is -2.52. The maximum atomic E-state index is 12.5. The smallest absolute Gasteiger partial charge is 0.333 e. The molecule has 0 aromatic carbocycles. The first-order valence-electron chi connectivity index (χ1n) is 17.6. The molecule has 0 aliphatic rings. The molecule has 12 nitrogen and oxygen atoms in total. The maximum Gasteiger partial charge on any atom is 0.333 e. The number of amides is 2. The Bertz CT molecular complexity index is 1060. The molecule has 0 radical (unpaired) electrons. The Kier molecular flexibility index (Phi) is 28.0. The zero-order valence-corrected chi connectivity index (χ0v) is 36.1. The number of hydrogen-bond donors (Lipinski definition) is 2. The molecule has 0 aromatic rings. The van der Waals surface area contributed by atoms with Gasteiger partial charge in [-0.1, -0.05) is 13.2 Å². The number of carbonyl (C=O) groups is 3. The topological polar surface area (TPSA) is 145 Å². The third-order valence-electron chi connectivity index (χ3n) is 6.71. The summed E-state index contributed by atoms with van der Waals surface area (Å²) in [4.78, 5) is 49.8. The number of urea groups is 1. The van der Waals surface area contributed by atoms with Crippen molar-refractivity contribution in [3.63, 3.8) is 0 Å². The number of ether oxygens (including phenoxy) is 2. The third-order valence-corrected chi connectivity index (χ3v) is 12.0. The maximum absolute atomic E-state index is 12.5. The molecule has 14 heteroatoms. The van der Waals surface area contributed by atoms with Gasteiger partial charge in [-0.2, -0.15) is 0 Å². The second-order valence-corrected chi connectivity index (χ2v) is 23.7. The Labute approximate surface area is 306 Å². The number of hydrogen-bond acceptors (Lipinski definition) is 10. The Morgan fingerprint density at radius 1 is 0.780 bits per heavy atom. The molecule has 0 saturated carbocycles. The number of carbonyl (C=O) groups excluding carboxylic acids is 4. The molecule has 0 aromatic heterocycles. The molecule has 50 heavy (non-hydrogen) atoms. The standard InChI is InChI=1S/C18H36N2O4Si.C10H19NO2.C8H17NO2Si/c1-9-24-25(7,8)14-10-11-19-17(22)20(18(4,5)6)12-13-23-16(21)15(2)3;1-8(2)9(12)13-7-6-11-10(3,4)5;1-4-11-12(2,3)7-5-6-9-8-10/h2,9-14H2,1,3-8H3,(H,19,22);11H,1,6-7H2,2-5H3;4-7H2,1-3H3. The van der Waals surface area contributed by atoms with E-state index in [9.17, 15) is 19.2 Å². The number of rotatable bonds is 20. The fourth-order valence-corrected chi connectivity index (χ4v) is 8.04. The van der Waals surface area contributed by atoms with Crippen LogP contribution in [0.4, 0.5) is 4.79 Å². The van der Waals surface area contributed by atoms with Gasteiger partial charge in [0, 0.05) is 48.5 Å². The molecular formula is C36H72N4O8Si2. The van der Waals surface area contributed by atoms with Crippen molar-refractivity contribution in [2.75, 3.05) is 52.6 Å². The predicted molar refractivity (Wildman–Crippen MR) is 209 cm³/mol. The summed E-state index contributed by atoms with van der Waals surface area (Å²) < 4.78 is 21.4. The van der Waals surface area contributed by atoms with E-state index in [0.29, 0.717) is 43.9 Å². The van der Waals surface area contributed by atoms with Crippen molar-refractivity contribution in [1.29, 1.82) is 0 Å². The summed E-state index contributed by atoms with van der Waals surface area (Å²) in [7, 11) is -3.06. The molecule has 0 bridgehead atoms. The lowest BCUT2D eigenvalue weighted by atomic mass is 10.1. The molecule has 0 fully saturated rings. The van der Waals surface area contributed by atoms with Crippen molar-refractivity contribution in [1.82, 2.24) is 15.5 Å². The molecule has 0 rings (SSSR count). The van der Waals surface area contributed by atoms with E-state index < -0.39 is 22.6 Å². The van der Waals surface area contributed by atoms with Crippen LogP contribution in [-0.4, -0.2) is 109 Å². The van der Waals surface area contributed by atoms with Crippen LogP contribution in [0.2, 0.25) is 38.3 Å². The van der Waals surface area contributed by atoms with Crippen LogP contribution in [0.3, 0.4) is 0 Å². The highest BCUT2D eigenvalue weighted by Gasteiger charge is 2.27. The average Bonchev–Trinajstić information content (AvgIpc) is 2.97. The van der Waals surface area contributed by atoms with Gasteiger partial charge >= 0.3 is 18.0 Å². The highest BCUT2D eigenvalue weighted by molar-refractivity contribution is 6.71. The van der Waals surface area contributed by atoms with Crippen LogP contribution in [-0.2, 0) is 32.7 Å². The van der Waals surface area contributed by atoms with Crippen molar-refractivity contribution in [3.05, 3.63) is 24.3 Å². The minimum absolute atomic E-state index is 0.0651. The van der Waals surface area contributed by atoms with Crippen LogP contribution in [0.5, 0.6) is 0 Å². The molecule has 0 spiro atoms. The fourth-order valence-electron chi connectivity index (χ4n) is 4.15. The molecular weight excluding hydrogens is 673 g/mol. The molecule has 2 N–H and O–H groups in total. The largest absolute Gasteiger partial charge is 0.461 e. The van der Waals surface area contributed by atoms with Gasteiger partial charge in [0.2, 0.25) is 6.08 Å². The summed E-state index contributed by atoms with van der Waals surface area (Å²) in [5.74, 6) is -0.756. The highest BCUT2D eigenvalue weighted by Crippen LogP contribution is 2.15. The molecule has 0 saturated heterocycles. The summed E-state index contributed by atoms with van der Waals surface area (Å²) in [5, 5.41) is 6.17. The normalized spacial score (nSPS) is 11.4. The number of esters is 2. The monoisotopic (exact) mass is 744 g/mol. The van der Waals surface area contributed by atoms with Crippen molar-refractivity contribution in [2.24, 2.45) is 4.99 Å². The number of isocyanates is 1. The molecule has 0 aliphatic carbocycles. The van der Waals surface area contributed by atoms with E-state index in [1.165, 1.54) is 6.08 Å². The van der Waals surface area contributed by atoms with Crippen LogP contribution in [0.25, 0.3) is 0 Å². The molecule has 2 amide bonds. The van der Waals surface area contributed by atoms with E-state index in [1.807, 2.05) is 34.6 Å². The molecule has 0 heterocycles. The number of nitrogens with one attached hydrogen (secondary N) is 2. The predicted octanol–water partition coefficient (Wildman–Crippen LogP) is 7.00. The molecule has 0 aliphatic heterocycles. The summed E-state index contributed by atoms with van der Waals surface area (Å²) in [5.41, 5.74) is 0.498. The second kappa shape index (κ2) is 27.1. The van der Waals surface area contributed by atoms with Gasteiger partial charge < -0.3 is 33.9 Å². The van der Waals surface area contributed by atoms with E-state index in [-0.39, 0.29) is 29.7 Å². The first-order valence-corrected chi connectivity index (χ1v) is 23.9. The van der Waals surface area contributed by atoms with Gasteiger partial charge in [0.1, 0.15) is 13.2 Å². The van der Waals surface area contributed by atoms with Gasteiger partial charge in [0.15, 0.2) is 16.6 Å². The quantitative estimate of drug-likeness (QED) is 0.0336. The van der Waals surface area contributed by atoms with Gasteiger partial charge in [-0.25, -0.2) is 24.2 Å². The van der Waals surface area contributed by atoms with E-state index in [0.717, 1.165) is 38.1 Å². The van der Waals surface area contributed by atoms with Crippen LogP contribution >= 0.6 is 0 Å². The lowest BCUT2D eigenvalue weighted by Gasteiger charge is -2.35. The van der Waals surface area contributed by atoms with Gasteiger partial charge in [0.25, 0.3) is 0 Å². The van der Waals surface area contributed by atoms with E-state index >= 15 is 0 Å². The second-order valence-electron chi connectivity index (χ2n) is 15.1. The molecule has 292 valence electrons. The first-order chi connectivity index (χ1) is 22.9. The fraction of sp³-hybridized carbons (Fsp3) is 0.778. The number of aliphatic imine (C=N–C) groups is 1. The van der Waals surface area contributed by atoms with Crippen molar-refractivity contribution in [2.45, 2.75) is 131 Å². The lowest BCUT2D eigenvalue weighted by molar-refractivity contribution is -0.140. The third kappa shape index (κ3) is 32.6. The van der Waals surface area contributed by atoms with Gasteiger partial charge in [-0.15, -0.1) is 0 Å². The van der Waals surface area contributed by atoms with E-state index in [4.69, 9.17) is 18.3 Å². The van der Waals surface area contributed by atoms with Crippen LogP contribution in [0, 0.1) is 0 Å². The average molecular weight is 745 g/mol. The Morgan fingerprint density at radius 2 is 1.24 bits per heavy atom. The minimum Gasteiger partial charge on any atom is -0.461 e. The summed E-state index contributed by atoms with van der Waals surface area (Å²) in [6.07, 6.45) is 3.37. The van der Waals surface area contributed by atoms with Crippen molar-refractivity contribution < 1.29 is 37.5 Å². The zero-order chi connectivity index (χ0) is 39.6. The Hall–Kier alpha value is -2.62. The summed E-state index contributed by atoms with van der Waals surface area (Å²) in [6, 6.07) is 1.92. The Morgan fingerprint density at radius 3 is 1.64 bits per heavy atom. The van der Waals surface area contributed by atoms with Crippen molar-refractivity contribution >= 4 is 40.7 Å². The molecule has 0 unspecified atom stereocenters. The molecule has 0 atom stereocenters.